The summed E-state index contributed by atoms with van der Waals surface area (Å²) in [6.07, 6.45) is 9.73. The lowest BCUT2D eigenvalue weighted by molar-refractivity contribution is 0.409. The second-order valence-corrected chi connectivity index (χ2v) is 7.31. The molecule has 0 saturated carbocycles. The van der Waals surface area contributed by atoms with Crippen LogP contribution in [-0.4, -0.2) is 26.5 Å². The van der Waals surface area contributed by atoms with Gasteiger partial charge in [0.1, 0.15) is 5.75 Å². The van der Waals surface area contributed by atoms with E-state index in [0.717, 1.165) is 46.7 Å². The second-order valence-electron chi connectivity index (χ2n) is 7.31. The Morgan fingerprint density at radius 1 is 1.13 bits per heavy atom. The molecule has 5 rings (SSSR count). The van der Waals surface area contributed by atoms with Crippen LogP contribution in [0.15, 0.2) is 67.3 Å². The molecule has 0 fully saturated rings. The van der Waals surface area contributed by atoms with E-state index in [4.69, 9.17) is 9.72 Å². The number of aromatic amines is 1. The van der Waals surface area contributed by atoms with Crippen molar-refractivity contribution in [2.45, 2.75) is 19.8 Å². The first-order valence-corrected chi connectivity index (χ1v) is 10.1. The van der Waals surface area contributed by atoms with Crippen molar-refractivity contribution in [3.8, 4) is 17.0 Å². The third-order valence-corrected chi connectivity index (χ3v) is 5.29. The predicted octanol–water partition coefficient (Wildman–Crippen LogP) is 5.58. The summed E-state index contributed by atoms with van der Waals surface area (Å²) >= 11 is 0. The Kier molecular flexibility index (Phi) is 4.59. The highest BCUT2D eigenvalue weighted by atomic mass is 16.5. The van der Waals surface area contributed by atoms with Crippen LogP contribution in [0.5, 0.6) is 5.75 Å². The van der Waals surface area contributed by atoms with Crippen LogP contribution in [0.25, 0.3) is 27.8 Å². The summed E-state index contributed by atoms with van der Waals surface area (Å²) in [6, 6.07) is 14.6. The van der Waals surface area contributed by atoms with Crippen LogP contribution in [-0.2, 0) is 6.42 Å². The van der Waals surface area contributed by atoms with Gasteiger partial charge >= 0.3 is 0 Å². The number of rotatable bonds is 6. The highest BCUT2D eigenvalue weighted by molar-refractivity contribution is 5.84. The zero-order valence-electron chi connectivity index (χ0n) is 17.0. The lowest BCUT2D eigenvalue weighted by atomic mass is 10.1. The van der Waals surface area contributed by atoms with E-state index < -0.39 is 0 Å². The Bertz CT molecular complexity index is 1330. The summed E-state index contributed by atoms with van der Waals surface area (Å²) in [4.78, 5) is 12.6. The zero-order chi connectivity index (χ0) is 20.5. The third-order valence-electron chi connectivity index (χ3n) is 5.29. The molecular formula is C24H23N5O. The summed E-state index contributed by atoms with van der Waals surface area (Å²) in [7, 11) is 1.71. The normalized spacial score (nSPS) is 11.3. The maximum atomic E-state index is 5.59. The van der Waals surface area contributed by atoms with Gasteiger partial charge in [0.2, 0.25) is 0 Å². The van der Waals surface area contributed by atoms with E-state index >= 15 is 0 Å². The Morgan fingerprint density at radius 2 is 2.07 bits per heavy atom. The molecule has 0 radical (unpaired) electrons. The first kappa shape index (κ1) is 18.2. The highest BCUT2D eigenvalue weighted by Crippen LogP contribution is 2.29. The molecule has 0 saturated heterocycles. The summed E-state index contributed by atoms with van der Waals surface area (Å²) in [5.74, 6) is 1.59. The number of benzene rings is 2. The van der Waals surface area contributed by atoms with Gasteiger partial charge in [-0.25, -0.2) is 9.97 Å². The molecule has 0 amide bonds. The van der Waals surface area contributed by atoms with Crippen molar-refractivity contribution in [2.75, 3.05) is 12.4 Å². The molecule has 0 atom stereocenters. The van der Waals surface area contributed by atoms with Crippen LogP contribution >= 0.6 is 0 Å². The molecule has 3 heterocycles. The monoisotopic (exact) mass is 397 g/mol. The molecule has 2 aromatic carbocycles. The maximum Gasteiger partial charge on any atom is 0.180 e. The van der Waals surface area contributed by atoms with Crippen LogP contribution in [0.4, 0.5) is 11.5 Å². The van der Waals surface area contributed by atoms with Gasteiger partial charge in [-0.2, -0.15) is 0 Å². The molecule has 6 nitrogen and oxygen atoms in total. The van der Waals surface area contributed by atoms with E-state index in [9.17, 15) is 0 Å². The summed E-state index contributed by atoms with van der Waals surface area (Å²) in [5.41, 5.74) is 5.90. The Hall–Kier alpha value is -3.80. The lowest BCUT2D eigenvalue weighted by Crippen LogP contribution is -2.01. The minimum atomic E-state index is 0.703. The van der Waals surface area contributed by atoms with Gasteiger partial charge in [-0.1, -0.05) is 31.5 Å². The van der Waals surface area contributed by atoms with Gasteiger partial charge in [0.15, 0.2) is 11.5 Å². The third kappa shape index (κ3) is 3.26. The van der Waals surface area contributed by atoms with Crippen LogP contribution in [0.2, 0.25) is 0 Å². The number of hydrogen-bond acceptors (Lipinski definition) is 4. The average molecular weight is 397 g/mol. The van der Waals surface area contributed by atoms with Crippen LogP contribution in [0, 0.1) is 0 Å². The number of H-pyrrole nitrogens is 1. The van der Waals surface area contributed by atoms with Crippen molar-refractivity contribution >= 4 is 28.1 Å². The van der Waals surface area contributed by atoms with Crippen LogP contribution in [0.1, 0.15) is 18.9 Å². The number of aryl methyl sites for hydroxylation is 1. The second kappa shape index (κ2) is 7.55. The molecule has 5 aromatic rings. The maximum absolute atomic E-state index is 5.59. The smallest absolute Gasteiger partial charge is 0.180 e. The van der Waals surface area contributed by atoms with Gasteiger partial charge in [-0.15, -0.1) is 0 Å². The van der Waals surface area contributed by atoms with Crippen molar-refractivity contribution in [3.63, 3.8) is 0 Å². The SMILES string of the molecule is CCCc1ccc(Nc2nc(-c3ccc4cc[nH]c4c3)cn3ccnc23)cc1OC. The Balaban J connectivity index is 1.56. The minimum Gasteiger partial charge on any atom is -0.496 e. The average Bonchev–Trinajstić information content (AvgIpc) is 3.43. The van der Waals surface area contributed by atoms with Gasteiger partial charge in [0, 0.05) is 47.6 Å². The first-order chi connectivity index (χ1) is 14.7. The van der Waals surface area contributed by atoms with Crippen LogP contribution < -0.4 is 10.1 Å². The standard InChI is InChI=1S/C24H23N5O/c1-3-4-17-7-8-19(14-22(17)30-2)27-23-24-26-11-12-29(24)15-21(28-23)18-6-5-16-9-10-25-20(16)13-18/h5-15,25H,3-4H2,1-2H3,(H,27,28). The number of hydrogen-bond donors (Lipinski definition) is 2. The van der Waals surface area contributed by atoms with Crippen molar-refractivity contribution in [1.29, 1.82) is 0 Å². The largest absolute Gasteiger partial charge is 0.496 e. The molecule has 6 heteroatoms. The molecule has 30 heavy (non-hydrogen) atoms. The molecule has 0 bridgehead atoms. The number of aromatic nitrogens is 4. The summed E-state index contributed by atoms with van der Waals surface area (Å²) in [6.45, 7) is 2.17. The topological polar surface area (TPSA) is 67.2 Å². The number of fused-ring (bicyclic) bond motifs is 2. The Labute approximate surface area is 174 Å². The summed E-state index contributed by atoms with van der Waals surface area (Å²) in [5, 5.41) is 4.62. The van der Waals surface area contributed by atoms with Gasteiger partial charge in [-0.3, -0.25) is 0 Å². The fourth-order valence-electron chi connectivity index (χ4n) is 3.80. The number of methoxy groups -OCH3 is 1. The van der Waals surface area contributed by atoms with Crippen molar-refractivity contribution in [3.05, 3.63) is 72.8 Å². The highest BCUT2D eigenvalue weighted by Gasteiger charge is 2.12. The fraction of sp³-hybridized carbons (Fsp3) is 0.167. The van der Waals surface area contributed by atoms with E-state index in [1.807, 2.05) is 29.1 Å². The van der Waals surface area contributed by atoms with E-state index in [1.165, 1.54) is 10.9 Å². The lowest BCUT2D eigenvalue weighted by Gasteiger charge is -2.13. The van der Waals surface area contributed by atoms with E-state index in [0.29, 0.717) is 5.82 Å². The number of imidazole rings is 1. The molecule has 2 N–H and O–H groups in total. The number of ether oxygens (including phenoxy) is 1. The van der Waals surface area contributed by atoms with Crippen molar-refractivity contribution < 1.29 is 4.74 Å². The van der Waals surface area contributed by atoms with Gasteiger partial charge in [-0.05, 0) is 35.6 Å². The number of nitrogens with zero attached hydrogens (tertiary/aromatic N) is 3. The molecule has 0 aliphatic rings. The molecule has 0 aliphatic carbocycles. The number of nitrogens with one attached hydrogen (secondary N) is 2. The molecule has 0 unspecified atom stereocenters. The van der Waals surface area contributed by atoms with E-state index in [-0.39, 0.29) is 0 Å². The Morgan fingerprint density at radius 3 is 2.93 bits per heavy atom. The summed E-state index contributed by atoms with van der Waals surface area (Å²) < 4.78 is 7.58. The van der Waals surface area contributed by atoms with Crippen molar-refractivity contribution in [1.82, 2.24) is 19.4 Å². The fourth-order valence-corrected chi connectivity index (χ4v) is 3.80. The van der Waals surface area contributed by atoms with Gasteiger partial charge in [0.05, 0.1) is 12.8 Å². The van der Waals surface area contributed by atoms with E-state index in [2.05, 4.69) is 58.6 Å². The molecule has 0 aliphatic heterocycles. The molecule has 0 spiro atoms. The van der Waals surface area contributed by atoms with Gasteiger partial charge in [0.25, 0.3) is 0 Å². The van der Waals surface area contributed by atoms with Crippen LogP contribution in [0.3, 0.4) is 0 Å². The van der Waals surface area contributed by atoms with Gasteiger partial charge < -0.3 is 19.4 Å². The van der Waals surface area contributed by atoms with Crippen molar-refractivity contribution in [2.24, 2.45) is 0 Å². The zero-order valence-corrected chi connectivity index (χ0v) is 17.0. The predicted molar refractivity (Wildman–Crippen MR) is 121 cm³/mol. The minimum absolute atomic E-state index is 0.703. The van der Waals surface area contributed by atoms with E-state index in [1.54, 1.807) is 13.3 Å². The molecule has 3 aromatic heterocycles. The number of anilines is 2. The quantitative estimate of drug-likeness (QED) is 0.392. The molecule has 150 valence electrons. The molecular weight excluding hydrogens is 374 g/mol. The first-order valence-electron chi connectivity index (χ1n) is 10.1.